The van der Waals surface area contributed by atoms with Crippen molar-refractivity contribution in [1.82, 2.24) is 3.11 Å². The van der Waals surface area contributed by atoms with Crippen LogP contribution in [0, 0.1) is 11.3 Å². The molecular formula is C15H19IN2. The van der Waals surface area contributed by atoms with Crippen molar-refractivity contribution in [2.75, 3.05) is 0 Å². The predicted molar refractivity (Wildman–Crippen MR) is 82.4 cm³/mol. The Hall–Kier alpha value is -0.600. The summed E-state index contributed by atoms with van der Waals surface area (Å²) >= 11 is 2.41. The van der Waals surface area contributed by atoms with Crippen molar-refractivity contribution < 1.29 is 0 Å². The fraction of sp³-hybridized carbons (Fsp3) is 0.533. The Labute approximate surface area is 123 Å². The fourth-order valence-corrected chi connectivity index (χ4v) is 3.83. The van der Waals surface area contributed by atoms with E-state index < -0.39 is 0 Å². The maximum absolute atomic E-state index is 8.86. The minimum atomic E-state index is 0.417. The molecule has 1 aromatic rings. The van der Waals surface area contributed by atoms with E-state index in [-0.39, 0.29) is 0 Å². The van der Waals surface area contributed by atoms with Crippen molar-refractivity contribution in [2.45, 2.75) is 51.1 Å². The Kier molecular flexibility index (Phi) is 4.63. The third-order valence-corrected chi connectivity index (χ3v) is 5.18. The molecule has 0 amide bonds. The van der Waals surface area contributed by atoms with E-state index in [1.807, 2.05) is 0 Å². The van der Waals surface area contributed by atoms with E-state index in [2.05, 4.69) is 70.2 Å². The van der Waals surface area contributed by atoms with E-state index in [1.165, 1.54) is 17.5 Å². The molecule has 1 saturated heterocycles. The maximum Gasteiger partial charge on any atom is 0.0638 e. The number of rotatable bonds is 3. The summed E-state index contributed by atoms with van der Waals surface area (Å²) in [5.41, 5.74) is 2.89. The molecule has 1 aliphatic rings. The number of nitrogens with zero attached hydrogens (tertiary/aromatic N) is 2. The van der Waals surface area contributed by atoms with E-state index >= 15 is 0 Å². The lowest BCUT2D eigenvalue weighted by molar-refractivity contribution is 0.398. The van der Waals surface area contributed by atoms with Crippen LogP contribution in [-0.2, 0) is 0 Å². The van der Waals surface area contributed by atoms with Crippen molar-refractivity contribution in [3.8, 4) is 6.07 Å². The summed E-state index contributed by atoms with van der Waals surface area (Å²) in [7, 11) is 0. The quantitative estimate of drug-likeness (QED) is 0.587. The Morgan fingerprint density at radius 3 is 2.78 bits per heavy atom. The second-order valence-electron chi connectivity index (χ2n) is 5.24. The smallest absolute Gasteiger partial charge is 0.0638 e. The maximum atomic E-state index is 8.86. The molecule has 1 fully saturated rings. The molecule has 18 heavy (non-hydrogen) atoms. The lowest BCUT2D eigenvalue weighted by Gasteiger charge is -2.25. The lowest BCUT2D eigenvalue weighted by atomic mass is 9.92. The first-order chi connectivity index (χ1) is 8.65. The minimum absolute atomic E-state index is 0.417. The van der Waals surface area contributed by atoms with Crippen molar-refractivity contribution >= 4 is 22.9 Å². The zero-order valence-electron chi connectivity index (χ0n) is 10.9. The highest BCUT2D eigenvalue weighted by Gasteiger charge is 2.33. The predicted octanol–water partition coefficient (Wildman–Crippen LogP) is 4.58. The monoisotopic (exact) mass is 354 g/mol. The van der Waals surface area contributed by atoms with Gasteiger partial charge in [0, 0.05) is 34.9 Å². The second kappa shape index (κ2) is 6.03. The van der Waals surface area contributed by atoms with Crippen LogP contribution in [0.25, 0.3) is 0 Å². The van der Waals surface area contributed by atoms with Gasteiger partial charge in [-0.3, -0.25) is 0 Å². The fourth-order valence-electron chi connectivity index (χ4n) is 2.77. The van der Waals surface area contributed by atoms with E-state index in [1.54, 1.807) is 0 Å². The number of hydrogen-bond donors (Lipinski definition) is 0. The summed E-state index contributed by atoms with van der Waals surface area (Å²) in [6.07, 6.45) is 2.94. The van der Waals surface area contributed by atoms with Gasteiger partial charge >= 0.3 is 0 Å². The van der Waals surface area contributed by atoms with E-state index in [0.29, 0.717) is 24.4 Å². The molecule has 2 nitrogen and oxygen atoms in total. The molecule has 3 heteroatoms. The summed E-state index contributed by atoms with van der Waals surface area (Å²) in [5.74, 6) is 0.556. The van der Waals surface area contributed by atoms with Gasteiger partial charge in [-0.25, -0.2) is 3.11 Å². The molecule has 1 aromatic carbocycles. The number of hydrogen-bond acceptors (Lipinski definition) is 2. The first-order valence-corrected chi connectivity index (χ1v) is 7.51. The summed E-state index contributed by atoms with van der Waals surface area (Å²) in [5, 5.41) is 8.86. The highest BCUT2D eigenvalue weighted by molar-refractivity contribution is 14.1. The molecule has 2 atom stereocenters. The molecule has 0 bridgehead atoms. The van der Waals surface area contributed by atoms with Gasteiger partial charge in [0.05, 0.1) is 12.5 Å². The summed E-state index contributed by atoms with van der Waals surface area (Å²) in [6, 6.07) is 11.9. The van der Waals surface area contributed by atoms with Crippen LogP contribution in [0.5, 0.6) is 0 Å². The normalized spacial score (nSPS) is 24.4. The third-order valence-electron chi connectivity index (χ3n) is 3.72. The molecule has 0 saturated carbocycles. The van der Waals surface area contributed by atoms with Crippen molar-refractivity contribution in [1.29, 1.82) is 5.26 Å². The average Bonchev–Trinajstić information content (AvgIpc) is 2.72. The van der Waals surface area contributed by atoms with Crippen molar-refractivity contribution in [2.24, 2.45) is 0 Å². The van der Waals surface area contributed by atoms with Gasteiger partial charge in [-0.2, -0.15) is 5.26 Å². The highest BCUT2D eigenvalue weighted by Crippen LogP contribution is 2.42. The summed E-state index contributed by atoms with van der Waals surface area (Å²) in [4.78, 5) is 0. The second-order valence-corrected chi connectivity index (χ2v) is 6.35. The first-order valence-electron chi connectivity index (χ1n) is 6.55. The average molecular weight is 354 g/mol. The van der Waals surface area contributed by atoms with Crippen LogP contribution in [-0.4, -0.2) is 9.16 Å². The molecule has 0 aliphatic carbocycles. The molecule has 0 spiro atoms. The molecule has 0 radical (unpaired) electrons. The minimum Gasteiger partial charge on any atom is -0.236 e. The lowest BCUT2D eigenvalue weighted by Crippen LogP contribution is -2.22. The Balaban J connectivity index is 2.26. The molecule has 0 N–H and O–H groups in total. The largest absolute Gasteiger partial charge is 0.236 e. The van der Waals surface area contributed by atoms with Gasteiger partial charge in [0.1, 0.15) is 0 Å². The molecule has 2 rings (SSSR count). The Bertz CT molecular complexity index is 450. The van der Waals surface area contributed by atoms with Gasteiger partial charge in [0.2, 0.25) is 0 Å². The zero-order chi connectivity index (χ0) is 13.1. The third kappa shape index (κ3) is 2.70. The molecule has 2 unspecified atom stereocenters. The SMILES string of the molecule is CC(C)c1ccccc1C1CCC(CC#N)N1I. The topological polar surface area (TPSA) is 27.0 Å². The van der Waals surface area contributed by atoms with Gasteiger partial charge in [-0.05, 0) is 29.9 Å². The van der Waals surface area contributed by atoms with Crippen LogP contribution in [0.1, 0.15) is 56.2 Å². The molecule has 0 aromatic heterocycles. The number of nitriles is 1. The van der Waals surface area contributed by atoms with Gasteiger partial charge in [-0.1, -0.05) is 38.1 Å². The first kappa shape index (κ1) is 13.8. The number of benzene rings is 1. The van der Waals surface area contributed by atoms with Crippen molar-refractivity contribution in [3.05, 3.63) is 35.4 Å². The van der Waals surface area contributed by atoms with Crippen molar-refractivity contribution in [3.63, 3.8) is 0 Å². The standard InChI is InChI=1S/C15H19IN2/c1-11(2)13-5-3-4-6-14(13)15-8-7-12(9-10-17)18(15)16/h3-6,11-12,15H,7-9H2,1-2H3. The van der Waals surface area contributed by atoms with Gasteiger partial charge in [0.15, 0.2) is 0 Å². The molecule has 1 aliphatic heterocycles. The van der Waals surface area contributed by atoms with E-state index in [9.17, 15) is 0 Å². The summed E-state index contributed by atoms with van der Waals surface area (Å²) < 4.78 is 2.36. The van der Waals surface area contributed by atoms with Crippen LogP contribution in [0.2, 0.25) is 0 Å². The van der Waals surface area contributed by atoms with Gasteiger partial charge < -0.3 is 0 Å². The van der Waals surface area contributed by atoms with Gasteiger partial charge in [-0.15, -0.1) is 0 Å². The van der Waals surface area contributed by atoms with Crippen LogP contribution in [0.4, 0.5) is 0 Å². The Morgan fingerprint density at radius 1 is 1.39 bits per heavy atom. The zero-order valence-corrected chi connectivity index (χ0v) is 13.1. The Morgan fingerprint density at radius 2 is 2.11 bits per heavy atom. The van der Waals surface area contributed by atoms with E-state index in [0.717, 1.165) is 6.42 Å². The van der Waals surface area contributed by atoms with Crippen LogP contribution in [0.3, 0.4) is 0 Å². The number of halogens is 1. The summed E-state index contributed by atoms with van der Waals surface area (Å²) in [6.45, 7) is 4.50. The van der Waals surface area contributed by atoms with E-state index in [4.69, 9.17) is 5.26 Å². The van der Waals surface area contributed by atoms with Crippen LogP contribution in [0.15, 0.2) is 24.3 Å². The van der Waals surface area contributed by atoms with Crippen LogP contribution >= 0.6 is 22.9 Å². The molecular weight excluding hydrogens is 335 g/mol. The van der Waals surface area contributed by atoms with Crippen LogP contribution < -0.4 is 0 Å². The molecule has 96 valence electrons. The van der Waals surface area contributed by atoms with Gasteiger partial charge in [0.25, 0.3) is 0 Å². The molecule has 1 heterocycles. The highest BCUT2D eigenvalue weighted by atomic mass is 127.